The molecule has 0 aliphatic carbocycles. The lowest BCUT2D eigenvalue weighted by molar-refractivity contribution is -0.112. The Labute approximate surface area is 95.4 Å². The van der Waals surface area contributed by atoms with Crippen LogP contribution in [0.3, 0.4) is 0 Å². The zero-order valence-electron chi connectivity index (χ0n) is 10.2. The minimum atomic E-state index is -0.527. The predicted octanol–water partition coefficient (Wildman–Crippen LogP) is 1.26. The molecule has 1 heterocycles. The molecule has 0 saturated carbocycles. The van der Waals surface area contributed by atoms with Crippen LogP contribution in [0.2, 0.25) is 0 Å². The van der Waals surface area contributed by atoms with Gasteiger partial charge in [-0.05, 0) is 27.7 Å². The lowest BCUT2D eigenvalue weighted by Gasteiger charge is -2.24. The summed E-state index contributed by atoms with van der Waals surface area (Å²) >= 11 is 0. The molecular formula is C11H18N2O3. The van der Waals surface area contributed by atoms with Crippen molar-refractivity contribution in [1.82, 2.24) is 10.2 Å². The highest BCUT2D eigenvalue weighted by Crippen LogP contribution is 2.14. The lowest BCUT2D eigenvalue weighted by atomic mass is 10.2. The van der Waals surface area contributed by atoms with Crippen LogP contribution in [-0.4, -0.2) is 35.5 Å². The summed E-state index contributed by atoms with van der Waals surface area (Å²) in [5.41, 5.74) is -0.527. The van der Waals surface area contributed by atoms with E-state index in [4.69, 9.17) is 4.74 Å². The monoisotopic (exact) mass is 226 g/mol. The van der Waals surface area contributed by atoms with Gasteiger partial charge in [-0.15, -0.1) is 0 Å². The summed E-state index contributed by atoms with van der Waals surface area (Å²) in [5, 5.41) is 2.97. The highest BCUT2D eigenvalue weighted by Gasteiger charge is 2.28. The number of rotatable bonds is 1. The molecule has 1 fully saturated rings. The van der Waals surface area contributed by atoms with Crippen LogP contribution in [0.1, 0.15) is 27.7 Å². The quantitative estimate of drug-likeness (QED) is 0.684. The van der Waals surface area contributed by atoms with Gasteiger partial charge in [0.25, 0.3) is 0 Å². The van der Waals surface area contributed by atoms with Crippen molar-refractivity contribution in [2.24, 2.45) is 0 Å². The van der Waals surface area contributed by atoms with Crippen molar-refractivity contribution >= 4 is 11.9 Å². The van der Waals surface area contributed by atoms with E-state index in [0.29, 0.717) is 18.9 Å². The first-order valence-corrected chi connectivity index (χ1v) is 5.26. The summed E-state index contributed by atoms with van der Waals surface area (Å²) in [7, 11) is 0. The Morgan fingerprint density at radius 2 is 2.06 bits per heavy atom. The zero-order valence-corrected chi connectivity index (χ0v) is 10.2. The molecule has 0 unspecified atom stereocenters. The van der Waals surface area contributed by atoms with E-state index in [0.717, 1.165) is 0 Å². The van der Waals surface area contributed by atoms with Gasteiger partial charge in [0.05, 0.1) is 0 Å². The van der Waals surface area contributed by atoms with Gasteiger partial charge in [0, 0.05) is 19.2 Å². The molecule has 1 aliphatic heterocycles. The molecule has 0 atom stereocenters. The minimum Gasteiger partial charge on any atom is -0.443 e. The molecule has 1 aliphatic rings. The number of hydrogen-bond acceptors (Lipinski definition) is 4. The number of amides is 1. The fourth-order valence-electron chi connectivity index (χ4n) is 1.34. The van der Waals surface area contributed by atoms with E-state index in [1.165, 1.54) is 17.9 Å². The summed E-state index contributed by atoms with van der Waals surface area (Å²) in [4.78, 5) is 24.2. The Morgan fingerprint density at radius 3 is 2.56 bits per heavy atom. The molecule has 0 aromatic carbocycles. The van der Waals surface area contributed by atoms with Crippen LogP contribution in [0.25, 0.3) is 0 Å². The number of carbonyl (C=O) groups is 2. The normalized spacial score (nSPS) is 18.5. The second kappa shape index (κ2) is 4.55. The molecule has 1 rings (SSSR count). The van der Waals surface area contributed by atoms with E-state index in [9.17, 15) is 9.59 Å². The topological polar surface area (TPSA) is 58.6 Å². The average Bonchev–Trinajstić information content (AvgIpc) is 2.47. The fraction of sp³-hybridized carbons (Fsp3) is 0.636. The third kappa shape index (κ3) is 3.56. The first kappa shape index (κ1) is 12.5. The summed E-state index contributed by atoms with van der Waals surface area (Å²) in [6.07, 6.45) is 0.974. The van der Waals surface area contributed by atoms with Crippen molar-refractivity contribution in [3.05, 3.63) is 11.9 Å². The number of ether oxygens (including phenoxy) is 1. The van der Waals surface area contributed by atoms with Crippen LogP contribution in [0.5, 0.6) is 0 Å². The highest BCUT2D eigenvalue weighted by molar-refractivity contribution is 5.88. The third-order valence-electron chi connectivity index (χ3n) is 1.89. The summed E-state index contributed by atoms with van der Waals surface area (Å²) in [6, 6.07) is 0. The molecular weight excluding hydrogens is 208 g/mol. The van der Waals surface area contributed by atoms with Gasteiger partial charge in [-0.1, -0.05) is 0 Å². The van der Waals surface area contributed by atoms with Crippen molar-refractivity contribution in [2.75, 3.05) is 13.1 Å². The maximum atomic E-state index is 11.8. The lowest BCUT2D eigenvalue weighted by Crippen LogP contribution is -2.35. The van der Waals surface area contributed by atoms with Crippen molar-refractivity contribution in [3.63, 3.8) is 0 Å². The summed E-state index contributed by atoms with van der Waals surface area (Å²) in [5.74, 6) is 0.416. The van der Waals surface area contributed by atoms with Crippen LogP contribution in [0.15, 0.2) is 11.9 Å². The maximum Gasteiger partial charge on any atom is 0.416 e. The molecule has 1 N–H and O–H groups in total. The van der Waals surface area contributed by atoms with Gasteiger partial charge in [0.1, 0.15) is 11.4 Å². The molecule has 16 heavy (non-hydrogen) atoms. The van der Waals surface area contributed by atoms with Gasteiger partial charge in [-0.25, -0.2) is 4.79 Å². The minimum absolute atomic E-state index is 0.0991. The van der Waals surface area contributed by atoms with Gasteiger partial charge in [0.15, 0.2) is 5.78 Å². The van der Waals surface area contributed by atoms with Gasteiger partial charge in [-0.2, -0.15) is 0 Å². The highest BCUT2D eigenvalue weighted by atomic mass is 16.6. The van der Waals surface area contributed by atoms with Gasteiger partial charge >= 0.3 is 6.09 Å². The third-order valence-corrected chi connectivity index (χ3v) is 1.89. The number of nitrogens with one attached hydrogen (secondary N) is 1. The van der Waals surface area contributed by atoms with Crippen molar-refractivity contribution in [3.8, 4) is 0 Å². The smallest absolute Gasteiger partial charge is 0.416 e. The Balaban J connectivity index is 2.72. The number of allylic oxidation sites excluding steroid dienone is 1. The second-order valence-corrected chi connectivity index (χ2v) is 4.70. The largest absolute Gasteiger partial charge is 0.443 e. The Morgan fingerprint density at radius 1 is 1.44 bits per heavy atom. The number of carbonyl (C=O) groups excluding carboxylic acids is 2. The Hall–Kier alpha value is -1.52. The van der Waals surface area contributed by atoms with E-state index in [2.05, 4.69) is 5.32 Å². The predicted molar refractivity (Wildman–Crippen MR) is 59.7 cm³/mol. The van der Waals surface area contributed by atoms with Gasteiger partial charge in [-0.3, -0.25) is 9.69 Å². The van der Waals surface area contributed by atoms with Crippen LogP contribution < -0.4 is 5.32 Å². The van der Waals surface area contributed by atoms with E-state index in [1.807, 2.05) is 20.8 Å². The molecule has 5 nitrogen and oxygen atoms in total. The van der Waals surface area contributed by atoms with Crippen LogP contribution >= 0.6 is 0 Å². The molecule has 0 spiro atoms. The fourth-order valence-corrected chi connectivity index (χ4v) is 1.34. The second-order valence-electron chi connectivity index (χ2n) is 4.70. The Bertz CT molecular complexity index is 329. The van der Waals surface area contributed by atoms with E-state index in [-0.39, 0.29) is 5.78 Å². The van der Waals surface area contributed by atoms with Crippen molar-refractivity contribution < 1.29 is 14.3 Å². The molecule has 90 valence electrons. The SMILES string of the molecule is CC(=O)/C=C1\NCCN1C(=O)OC(C)(C)C. The van der Waals surface area contributed by atoms with Gasteiger partial charge in [0.2, 0.25) is 0 Å². The maximum absolute atomic E-state index is 11.8. The van der Waals surface area contributed by atoms with Gasteiger partial charge < -0.3 is 10.1 Å². The van der Waals surface area contributed by atoms with E-state index in [1.54, 1.807) is 0 Å². The van der Waals surface area contributed by atoms with E-state index >= 15 is 0 Å². The molecule has 0 aromatic rings. The summed E-state index contributed by atoms with van der Waals surface area (Å²) < 4.78 is 5.23. The summed E-state index contributed by atoms with van der Waals surface area (Å²) in [6.45, 7) is 8.03. The number of hydrogen-bond donors (Lipinski definition) is 1. The van der Waals surface area contributed by atoms with Crippen molar-refractivity contribution in [1.29, 1.82) is 0 Å². The average molecular weight is 226 g/mol. The molecule has 0 radical (unpaired) electrons. The molecule has 5 heteroatoms. The van der Waals surface area contributed by atoms with E-state index < -0.39 is 11.7 Å². The van der Waals surface area contributed by atoms with Crippen molar-refractivity contribution in [2.45, 2.75) is 33.3 Å². The molecule has 1 saturated heterocycles. The van der Waals surface area contributed by atoms with Crippen LogP contribution in [0.4, 0.5) is 4.79 Å². The number of ketones is 1. The number of nitrogens with zero attached hydrogens (tertiary/aromatic N) is 1. The molecule has 0 bridgehead atoms. The molecule has 0 aromatic heterocycles. The Kier molecular flexibility index (Phi) is 3.57. The van der Waals surface area contributed by atoms with Crippen LogP contribution in [0, 0.1) is 0 Å². The molecule has 1 amide bonds. The standard InChI is InChI=1S/C11H18N2O3/c1-8(14)7-9-12-5-6-13(9)10(15)16-11(2,3)4/h7,12H,5-6H2,1-4H3/b9-7+. The van der Waals surface area contributed by atoms with Crippen LogP contribution in [-0.2, 0) is 9.53 Å². The zero-order chi connectivity index (χ0) is 12.3. The first-order chi connectivity index (χ1) is 7.29. The first-order valence-electron chi connectivity index (χ1n) is 5.26.